The lowest BCUT2D eigenvalue weighted by Crippen LogP contribution is -2.68. The molecule has 0 aliphatic carbocycles. The van der Waals surface area contributed by atoms with Gasteiger partial charge in [0.1, 0.15) is 5.54 Å². The Hall–Kier alpha value is -2.46. The second-order valence-corrected chi connectivity index (χ2v) is 9.51. The maximum Gasteiger partial charge on any atom is 0.247 e. The van der Waals surface area contributed by atoms with Gasteiger partial charge in [0.05, 0.1) is 19.3 Å². The van der Waals surface area contributed by atoms with Crippen molar-refractivity contribution < 1.29 is 22.8 Å². The van der Waals surface area contributed by atoms with E-state index in [1.165, 1.54) is 18.9 Å². The molecule has 3 amide bonds. The lowest BCUT2D eigenvalue weighted by atomic mass is 9.96. The first-order valence-corrected chi connectivity index (χ1v) is 11.1. The summed E-state index contributed by atoms with van der Waals surface area (Å²) in [7, 11) is -2.19. The quantitative estimate of drug-likeness (QED) is 0.598. The standard InChI is InChI=1S/C19H28N4O5S/c1-14-6-5-7-15(10-14)8-9-20-16(24)11-21-18(26)19(2)13-23(29(4,27)28)12-17(25)22(19)3/h5-7,10H,8-9,11-13H2,1-4H3,(H,20,24)(H,21,26). The number of sulfonamides is 1. The van der Waals surface area contributed by atoms with E-state index in [0.717, 1.165) is 21.7 Å². The number of likely N-dealkylation sites (N-methyl/N-ethyl adjacent to an activating group) is 1. The molecule has 0 bridgehead atoms. The monoisotopic (exact) mass is 424 g/mol. The minimum absolute atomic E-state index is 0.172. The maximum atomic E-state index is 12.7. The van der Waals surface area contributed by atoms with Gasteiger partial charge in [-0.05, 0) is 25.8 Å². The SMILES string of the molecule is Cc1cccc(CCNC(=O)CNC(=O)C2(C)CN(S(C)(=O)=O)CC(=O)N2C)c1. The van der Waals surface area contributed by atoms with Crippen LogP contribution in [0.25, 0.3) is 0 Å². The number of nitrogens with one attached hydrogen (secondary N) is 2. The second kappa shape index (κ2) is 8.91. The average molecular weight is 425 g/mol. The van der Waals surface area contributed by atoms with E-state index in [0.29, 0.717) is 13.0 Å². The zero-order valence-electron chi connectivity index (χ0n) is 17.2. The van der Waals surface area contributed by atoms with Crippen molar-refractivity contribution in [1.82, 2.24) is 19.8 Å². The van der Waals surface area contributed by atoms with Crippen molar-refractivity contribution in [3.8, 4) is 0 Å². The van der Waals surface area contributed by atoms with Gasteiger partial charge in [-0.25, -0.2) is 8.42 Å². The molecule has 1 aromatic rings. The second-order valence-electron chi connectivity index (χ2n) is 7.53. The van der Waals surface area contributed by atoms with Crippen molar-refractivity contribution in [1.29, 1.82) is 0 Å². The number of piperazine rings is 1. The first-order chi connectivity index (χ1) is 13.4. The molecule has 2 N–H and O–H groups in total. The van der Waals surface area contributed by atoms with Gasteiger partial charge in [0.25, 0.3) is 0 Å². The van der Waals surface area contributed by atoms with Gasteiger partial charge >= 0.3 is 0 Å². The van der Waals surface area contributed by atoms with Crippen LogP contribution in [-0.4, -0.2) is 80.4 Å². The zero-order valence-corrected chi connectivity index (χ0v) is 18.0. The molecule has 160 valence electrons. The largest absolute Gasteiger partial charge is 0.354 e. The molecule has 29 heavy (non-hydrogen) atoms. The van der Waals surface area contributed by atoms with Gasteiger partial charge in [0, 0.05) is 20.1 Å². The van der Waals surface area contributed by atoms with Crippen LogP contribution in [0.4, 0.5) is 0 Å². The molecule has 2 rings (SSSR count). The molecule has 0 aromatic heterocycles. The number of hydrogen-bond donors (Lipinski definition) is 2. The third-order valence-electron chi connectivity index (χ3n) is 5.10. The number of nitrogens with zero attached hydrogens (tertiary/aromatic N) is 2. The first kappa shape index (κ1) is 22.8. The van der Waals surface area contributed by atoms with Gasteiger partial charge in [-0.1, -0.05) is 29.8 Å². The molecule has 1 atom stereocenters. The third-order valence-corrected chi connectivity index (χ3v) is 6.29. The Morgan fingerprint density at radius 2 is 1.93 bits per heavy atom. The van der Waals surface area contributed by atoms with Crippen LogP contribution in [-0.2, 0) is 30.8 Å². The van der Waals surface area contributed by atoms with E-state index >= 15 is 0 Å². The number of amides is 3. The van der Waals surface area contributed by atoms with E-state index < -0.39 is 27.4 Å². The molecule has 1 aliphatic heterocycles. The first-order valence-electron chi connectivity index (χ1n) is 9.26. The Morgan fingerprint density at radius 3 is 2.55 bits per heavy atom. The van der Waals surface area contributed by atoms with Gasteiger partial charge in [-0.3, -0.25) is 14.4 Å². The van der Waals surface area contributed by atoms with Crippen molar-refractivity contribution >= 4 is 27.7 Å². The van der Waals surface area contributed by atoms with E-state index in [1.54, 1.807) is 0 Å². The van der Waals surface area contributed by atoms with Crippen LogP contribution in [0.15, 0.2) is 24.3 Å². The molecular formula is C19H28N4O5S. The molecule has 1 aliphatic rings. The lowest BCUT2D eigenvalue weighted by molar-refractivity contribution is -0.150. The van der Waals surface area contributed by atoms with Crippen LogP contribution in [0, 0.1) is 6.92 Å². The van der Waals surface area contributed by atoms with Gasteiger partial charge in [0.15, 0.2) is 0 Å². The maximum absolute atomic E-state index is 12.7. The topological polar surface area (TPSA) is 116 Å². The summed E-state index contributed by atoms with van der Waals surface area (Å²) in [4.78, 5) is 38.1. The number of hydrogen-bond acceptors (Lipinski definition) is 5. The summed E-state index contributed by atoms with van der Waals surface area (Å²) in [6, 6.07) is 7.97. The smallest absolute Gasteiger partial charge is 0.247 e. The van der Waals surface area contributed by atoms with E-state index in [9.17, 15) is 22.8 Å². The Bertz CT molecular complexity index is 902. The summed E-state index contributed by atoms with van der Waals surface area (Å²) in [5.41, 5.74) is 0.842. The van der Waals surface area contributed by atoms with Crippen LogP contribution in [0.2, 0.25) is 0 Å². The summed E-state index contributed by atoms with van der Waals surface area (Å²) in [5, 5.41) is 5.24. The molecule has 1 unspecified atom stereocenters. The number of benzene rings is 1. The fourth-order valence-corrected chi connectivity index (χ4v) is 3.95. The molecule has 1 aromatic carbocycles. The molecule has 1 heterocycles. The van der Waals surface area contributed by atoms with E-state index in [-0.39, 0.29) is 25.5 Å². The third kappa shape index (κ3) is 5.77. The molecule has 0 spiro atoms. The molecule has 10 heteroatoms. The Balaban J connectivity index is 1.89. The van der Waals surface area contributed by atoms with Crippen molar-refractivity contribution in [2.75, 3.05) is 39.5 Å². The van der Waals surface area contributed by atoms with E-state index in [4.69, 9.17) is 0 Å². The van der Waals surface area contributed by atoms with Crippen molar-refractivity contribution in [3.63, 3.8) is 0 Å². The molecule has 0 radical (unpaired) electrons. The predicted molar refractivity (Wildman–Crippen MR) is 108 cm³/mol. The zero-order chi connectivity index (χ0) is 21.8. The van der Waals surface area contributed by atoms with Crippen molar-refractivity contribution in [3.05, 3.63) is 35.4 Å². The van der Waals surface area contributed by atoms with Gasteiger partial charge in [-0.15, -0.1) is 0 Å². The highest BCUT2D eigenvalue weighted by Crippen LogP contribution is 2.22. The Labute approximate surface area is 171 Å². The van der Waals surface area contributed by atoms with Gasteiger partial charge in [0.2, 0.25) is 27.7 Å². The minimum Gasteiger partial charge on any atom is -0.354 e. The van der Waals surface area contributed by atoms with Crippen molar-refractivity contribution in [2.45, 2.75) is 25.8 Å². The van der Waals surface area contributed by atoms with Crippen LogP contribution in [0.1, 0.15) is 18.1 Å². The molecular weight excluding hydrogens is 396 g/mol. The predicted octanol–water partition coefficient (Wildman–Crippen LogP) is -0.738. The van der Waals surface area contributed by atoms with E-state index in [1.807, 2.05) is 31.2 Å². The molecule has 1 saturated heterocycles. The average Bonchev–Trinajstić information content (AvgIpc) is 2.63. The van der Waals surface area contributed by atoms with Crippen molar-refractivity contribution in [2.24, 2.45) is 0 Å². The summed E-state index contributed by atoms with van der Waals surface area (Å²) >= 11 is 0. The fraction of sp³-hybridized carbons (Fsp3) is 0.526. The Kier molecular flexibility index (Phi) is 7.02. The fourth-order valence-electron chi connectivity index (χ4n) is 3.12. The molecule has 1 fully saturated rings. The molecule has 0 saturated carbocycles. The van der Waals surface area contributed by atoms with E-state index in [2.05, 4.69) is 10.6 Å². The molecule has 9 nitrogen and oxygen atoms in total. The number of carbonyl (C=O) groups is 3. The summed E-state index contributed by atoms with van der Waals surface area (Å²) in [6.07, 6.45) is 1.66. The van der Waals surface area contributed by atoms with Gasteiger partial charge < -0.3 is 15.5 Å². The summed E-state index contributed by atoms with van der Waals surface area (Å²) in [6.45, 7) is 3.16. The highest BCUT2D eigenvalue weighted by atomic mass is 32.2. The number of aryl methyl sites for hydroxylation is 1. The van der Waals surface area contributed by atoms with Crippen LogP contribution in [0.3, 0.4) is 0 Å². The van der Waals surface area contributed by atoms with Crippen LogP contribution >= 0.6 is 0 Å². The normalized spacial score (nSPS) is 20.4. The summed E-state index contributed by atoms with van der Waals surface area (Å²) in [5.74, 6) is -1.43. The Morgan fingerprint density at radius 1 is 1.24 bits per heavy atom. The van der Waals surface area contributed by atoms with Crippen LogP contribution < -0.4 is 10.6 Å². The van der Waals surface area contributed by atoms with Crippen LogP contribution in [0.5, 0.6) is 0 Å². The minimum atomic E-state index is -3.63. The highest BCUT2D eigenvalue weighted by molar-refractivity contribution is 7.88. The number of carbonyl (C=O) groups excluding carboxylic acids is 3. The number of rotatable bonds is 7. The lowest BCUT2D eigenvalue weighted by Gasteiger charge is -2.44. The summed E-state index contributed by atoms with van der Waals surface area (Å²) < 4.78 is 24.6. The highest BCUT2D eigenvalue weighted by Gasteiger charge is 2.47. The van der Waals surface area contributed by atoms with Gasteiger partial charge in [-0.2, -0.15) is 4.31 Å².